The molecule has 3 rings (SSSR count). The number of methoxy groups -OCH3 is 1. The number of fused-ring (bicyclic) bond motifs is 1. The number of nitrogens with zero attached hydrogens (tertiary/aromatic N) is 1. The molecule has 0 aromatic heterocycles. The van der Waals surface area contributed by atoms with Crippen LogP contribution >= 0.6 is 0 Å². The molecule has 1 aliphatic rings. The number of hydrogen-bond acceptors (Lipinski definition) is 3. The van der Waals surface area contributed by atoms with Crippen LogP contribution in [0.15, 0.2) is 54.7 Å². The van der Waals surface area contributed by atoms with E-state index in [1.54, 1.807) is 18.2 Å². The maximum atomic E-state index is 12.5. The van der Waals surface area contributed by atoms with E-state index in [-0.39, 0.29) is 24.3 Å². The quantitative estimate of drug-likeness (QED) is 0.900. The molecule has 5 heteroatoms. The molecule has 0 spiro atoms. The number of benzene rings is 2. The molecule has 0 unspecified atom stereocenters. The molecule has 1 aliphatic heterocycles. The Morgan fingerprint density at radius 1 is 1.15 bits per heavy atom. The highest BCUT2D eigenvalue weighted by molar-refractivity contribution is 5.81. The monoisotopic (exact) mass is 350 g/mol. The molecule has 1 heterocycles. The lowest BCUT2D eigenvalue weighted by Crippen LogP contribution is -2.35. The first-order chi connectivity index (χ1) is 12.6. The molecule has 134 valence electrons. The van der Waals surface area contributed by atoms with Crippen molar-refractivity contribution < 1.29 is 14.3 Å². The minimum Gasteiger partial charge on any atom is -0.497 e. The van der Waals surface area contributed by atoms with Crippen LogP contribution < -0.4 is 10.1 Å². The summed E-state index contributed by atoms with van der Waals surface area (Å²) in [6.07, 6.45) is 3.87. The summed E-state index contributed by atoms with van der Waals surface area (Å²) >= 11 is 0. The van der Waals surface area contributed by atoms with Crippen molar-refractivity contribution in [2.45, 2.75) is 25.9 Å². The number of carbonyl (C=O) groups excluding carboxylic acids is 2. The predicted molar refractivity (Wildman–Crippen MR) is 100 cm³/mol. The molecule has 5 nitrogen and oxygen atoms in total. The van der Waals surface area contributed by atoms with E-state index in [2.05, 4.69) is 5.32 Å². The average Bonchev–Trinajstić information content (AvgIpc) is 2.66. The molecule has 0 aliphatic carbocycles. The lowest BCUT2D eigenvalue weighted by molar-refractivity contribution is -0.130. The average molecular weight is 350 g/mol. The van der Waals surface area contributed by atoms with Crippen LogP contribution in [-0.2, 0) is 16.1 Å². The Hall–Kier alpha value is -3.08. The van der Waals surface area contributed by atoms with Crippen LogP contribution in [0, 0.1) is 0 Å². The van der Waals surface area contributed by atoms with E-state index < -0.39 is 0 Å². The number of carbonyl (C=O) groups is 2. The van der Waals surface area contributed by atoms with E-state index in [9.17, 15) is 9.59 Å². The fourth-order valence-corrected chi connectivity index (χ4v) is 3.14. The number of amides is 2. The van der Waals surface area contributed by atoms with Gasteiger partial charge in [-0.15, -0.1) is 0 Å². The standard InChI is InChI=1S/C21H22N2O3/c1-15(24)23-11-10-17-7-3-4-9-19(17)20(23)13-21(25)22-14-16-6-5-8-18(12-16)26-2/h3-12,20H,13-14H2,1-2H3,(H,22,25)/t20-/m1/s1. The van der Waals surface area contributed by atoms with Crippen LogP contribution in [0.1, 0.15) is 36.1 Å². The van der Waals surface area contributed by atoms with Crippen molar-refractivity contribution in [2.75, 3.05) is 7.11 Å². The van der Waals surface area contributed by atoms with Gasteiger partial charge in [-0.25, -0.2) is 0 Å². The summed E-state index contributed by atoms with van der Waals surface area (Å²) in [4.78, 5) is 26.1. The van der Waals surface area contributed by atoms with Crippen LogP contribution in [-0.4, -0.2) is 23.8 Å². The fourth-order valence-electron chi connectivity index (χ4n) is 3.14. The molecular formula is C21H22N2O3. The van der Waals surface area contributed by atoms with Gasteiger partial charge in [-0.2, -0.15) is 0 Å². The van der Waals surface area contributed by atoms with Gasteiger partial charge in [0.15, 0.2) is 0 Å². The van der Waals surface area contributed by atoms with Crippen LogP contribution in [0.4, 0.5) is 0 Å². The molecule has 2 amide bonds. The lowest BCUT2D eigenvalue weighted by Gasteiger charge is -2.32. The second-order valence-corrected chi connectivity index (χ2v) is 6.22. The normalized spacial score (nSPS) is 15.3. The second kappa shape index (κ2) is 7.87. The predicted octanol–water partition coefficient (Wildman–Crippen LogP) is 3.28. The molecular weight excluding hydrogens is 328 g/mol. The highest BCUT2D eigenvalue weighted by Gasteiger charge is 2.27. The highest BCUT2D eigenvalue weighted by Crippen LogP contribution is 2.32. The van der Waals surface area contributed by atoms with Crippen molar-refractivity contribution in [3.63, 3.8) is 0 Å². The lowest BCUT2D eigenvalue weighted by atomic mass is 9.93. The Morgan fingerprint density at radius 3 is 2.73 bits per heavy atom. The summed E-state index contributed by atoms with van der Waals surface area (Å²) in [5.74, 6) is 0.571. The molecule has 0 saturated heterocycles. The van der Waals surface area contributed by atoms with E-state index in [0.717, 1.165) is 22.4 Å². The number of ether oxygens (including phenoxy) is 1. The Morgan fingerprint density at radius 2 is 1.96 bits per heavy atom. The van der Waals surface area contributed by atoms with E-state index >= 15 is 0 Å². The largest absolute Gasteiger partial charge is 0.497 e. The number of hydrogen-bond donors (Lipinski definition) is 1. The third-order valence-electron chi connectivity index (χ3n) is 4.47. The maximum absolute atomic E-state index is 12.5. The summed E-state index contributed by atoms with van der Waals surface area (Å²) in [6, 6.07) is 15.1. The smallest absolute Gasteiger partial charge is 0.223 e. The number of rotatable bonds is 5. The minimum absolute atomic E-state index is 0.0821. The highest BCUT2D eigenvalue weighted by atomic mass is 16.5. The minimum atomic E-state index is -0.293. The summed E-state index contributed by atoms with van der Waals surface area (Å²) in [7, 11) is 1.61. The van der Waals surface area contributed by atoms with E-state index in [0.29, 0.717) is 6.54 Å². The molecule has 1 N–H and O–H groups in total. The molecule has 0 radical (unpaired) electrons. The molecule has 1 atom stereocenters. The Kier molecular flexibility index (Phi) is 5.37. The topological polar surface area (TPSA) is 58.6 Å². The first-order valence-corrected chi connectivity index (χ1v) is 8.54. The van der Waals surface area contributed by atoms with Crippen LogP contribution in [0.25, 0.3) is 6.08 Å². The Labute approximate surface area is 153 Å². The molecule has 0 fully saturated rings. The van der Waals surface area contributed by atoms with Gasteiger partial charge in [0.1, 0.15) is 5.75 Å². The number of nitrogens with one attached hydrogen (secondary N) is 1. The Balaban J connectivity index is 1.70. The third kappa shape index (κ3) is 3.94. The van der Waals surface area contributed by atoms with Crippen LogP contribution in [0.2, 0.25) is 0 Å². The zero-order valence-electron chi connectivity index (χ0n) is 14.9. The van der Waals surface area contributed by atoms with Crippen molar-refractivity contribution in [3.8, 4) is 5.75 Å². The summed E-state index contributed by atoms with van der Waals surface area (Å²) in [5.41, 5.74) is 2.99. The SMILES string of the molecule is COc1cccc(CNC(=O)C[C@@H]2c3ccccc3C=CN2C(C)=O)c1. The summed E-state index contributed by atoms with van der Waals surface area (Å²) < 4.78 is 5.20. The van der Waals surface area contributed by atoms with Crippen molar-refractivity contribution in [1.82, 2.24) is 10.2 Å². The maximum Gasteiger partial charge on any atom is 0.223 e. The van der Waals surface area contributed by atoms with Crippen LogP contribution in [0.5, 0.6) is 5.75 Å². The fraction of sp³-hybridized carbons (Fsp3) is 0.238. The van der Waals surface area contributed by atoms with Crippen molar-refractivity contribution in [3.05, 3.63) is 71.4 Å². The van der Waals surface area contributed by atoms with Gasteiger partial charge in [-0.05, 0) is 34.9 Å². The molecule has 0 saturated carbocycles. The van der Waals surface area contributed by atoms with E-state index in [1.165, 1.54) is 6.92 Å². The van der Waals surface area contributed by atoms with Crippen LogP contribution in [0.3, 0.4) is 0 Å². The zero-order chi connectivity index (χ0) is 18.5. The van der Waals surface area contributed by atoms with Gasteiger partial charge in [0, 0.05) is 19.7 Å². The van der Waals surface area contributed by atoms with Gasteiger partial charge < -0.3 is 15.0 Å². The van der Waals surface area contributed by atoms with Gasteiger partial charge in [-0.1, -0.05) is 36.4 Å². The van der Waals surface area contributed by atoms with Gasteiger partial charge in [0.05, 0.1) is 19.6 Å². The van der Waals surface area contributed by atoms with Crippen molar-refractivity contribution in [2.24, 2.45) is 0 Å². The molecule has 0 bridgehead atoms. The summed E-state index contributed by atoms with van der Waals surface area (Å²) in [6.45, 7) is 1.93. The Bertz CT molecular complexity index is 845. The third-order valence-corrected chi connectivity index (χ3v) is 4.47. The van der Waals surface area contributed by atoms with Gasteiger partial charge in [-0.3, -0.25) is 9.59 Å². The van der Waals surface area contributed by atoms with Crippen molar-refractivity contribution in [1.29, 1.82) is 0 Å². The summed E-state index contributed by atoms with van der Waals surface area (Å²) in [5, 5.41) is 2.93. The van der Waals surface area contributed by atoms with Gasteiger partial charge in [0.25, 0.3) is 0 Å². The van der Waals surface area contributed by atoms with Gasteiger partial charge >= 0.3 is 0 Å². The van der Waals surface area contributed by atoms with Gasteiger partial charge in [0.2, 0.25) is 11.8 Å². The van der Waals surface area contributed by atoms with E-state index in [1.807, 2.05) is 54.6 Å². The van der Waals surface area contributed by atoms with Crippen molar-refractivity contribution >= 4 is 17.9 Å². The zero-order valence-corrected chi connectivity index (χ0v) is 14.9. The first-order valence-electron chi connectivity index (χ1n) is 8.54. The second-order valence-electron chi connectivity index (χ2n) is 6.22. The molecule has 26 heavy (non-hydrogen) atoms. The molecule has 2 aromatic rings. The first kappa shape index (κ1) is 17.7. The molecule has 2 aromatic carbocycles. The van der Waals surface area contributed by atoms with E-state index in [4.69, 9.17) is 4.74 Å².